The van der Waals surface area contributed by atoms with Gasteiger partial charge in [0.1, 0.15) is 0 Å². The zero-order valence-corrected chi connectivity index (χ0v) is 19.9. The molecule has 0 aliphatic carbocycles. The third-order valence-electron chi connectivity index (χ3n) is 5.38. The average molecular weight is 502 g/mol. The second-order valence-corrected chi connectivity index (χ2v) is 8.59. The van der Waals surface area contributed by atoms with Crippen LogP contribution in [0.2, 0.25) is 10.0 Å². The Morgan fingerprint density at radius 3 is 2.56 bits per heavy atom. The predicted molar refractivity (Wildman–Crippen MR) is 131 cm³/mol. The van der Waals surface area contributed by atoms with Crippen molar-refractivity contribution < 1.29 is 4.79 Å². The van der Waals surface area contributed by atoms with Crippen LogP contribution >= 0.6 is 23.2 Å². The zero-order valence-electron chi connectivity index (χ0n) is 18.4. The average Bonchev–Trinajstić information content (AvgIpc) is 3.12. The van der Waals surface area contributed by atoms with Crippen molar-refractivity contribution in [1.29, 1.82) is 0 Å². The number of aryl methyl sites for hydroxylation is 3. The number of amides is 1. The number of hydrogen-bond acceptors (Lipinski definition) is 6. The molecule has 1 amide bonds. The maximum absolute atomic E-state index is 13.3. The highest BCUT2D eigenvalue weighted by Gasteiger charge is 2.19. The van der Waals surface area contributed by atoms with E-state index in [1.165, 1.54) is 4.57 Å². The summed E-state index contributed by atoms with van der Waals surface area (Å²) in [6, 6.07) is 8.44. The number of carbonyl (C=O) groups excluding carboxylic acids is 1. The van der Waals surface area contributed by atoms with E-state index in [0.717, 1.165) is 4.57 Å². The summed E-state index contributed by atoms with van der Waals surface area (Å²) in [5.74, 6) is -0.0463. The van der Waals surface area contributed by atoms with Crippen molar-refractivity contribution in [3.05, 3.63) is 78.7 Å². The lowest BCUT2D eigenvalue weighted by atomic mass is 10.2. The van der Waals surface area contributed by atoms with Crippen LogP contribution in [-0.2, 0) is 31.9 Å². The first-order valence-corrected chi connectivity index (χ1v) is 11.0. The number of nitrogens with two attached hydrogens (primary N) is 1. The van der Waals surface area contributed by atoms with Crippen LogP contribution in [0.15, 0.2) is 46.1 Å². The fraction of sp³-hybridized carbons (Fsp3) is 0.227. The van der Waals surface area contributed by atoms with Gasteiger partial charge in [-0.15, -0.1) is 0 Å². The van der Waals surface area contributed by atoms with Gasteiger partial charge >= 0.3 is 5.69 Å². The van der Waals surface area contributed by atoms with E-state index in [0.29, 0.717) is 39.4 Å². The summed E-state index contributed by atoms with van der Waals surface area (Å²) in [5, 5.41) is 3.87. The summed E-state index contributed by atoms with van der Waals surface area (Å²) >= 11 is 12.1. The summed E-state index contributed by atoms with van der Waals surface area (Å²) in [6.45, 7) is 0.0276. The molecule has 0 saturated heterocycles. The van der Waals surface area contributed by atoms with Crippen LogP contribution in [0.3, 0.4) is 0 Å². The van der Waals surface area contributed by atoms with E-state index in [2.05, 4.69) is 15.3 Å². The largest absolute Gasteiger partial charge is 0.370 e. The Kier molecular flexibility index (Phi) is 6.45. The maximum Gasteiger partial charge on any atom is 0.332 e. The Hall–Kier alpha value is -3.63. The molecule has 0 aliphatic rings. The fourth-order valence-electron chi connectivity index (χ4n) is 3.59. The number of nitrogens with one attached hydrogen (secondary N) is 1. The highest BCUT2D eigenvalue weighted by Crippen LogP contribution is 2.23. The van der Waals surface area contributed by atoms with E-state index in [1.807, 2.05) is 0 Å². The van der Waals surface area contributed by atoms with Gasteiger partial charge in [-0.2, -0.15) is 4.98 Å². The van der Waals surface area contributed by atoms with Crippen molar-refractivity contribution in [2.75, 3.05) is 5.32 Å². The number of benzene rings is 1. The number of nitrogens with zero attached hydrogens (tertiary/aromatic N) is 5. The number of anilines is 2. The van der Waals surface area contributed by atoms with Crippen LogP contribution in [0, 0.1) is 0 Å². The zero-order chi connectivity index (χ0) is 24.6. The molecular weight excluding hydrogens is 481 g/mol. The van der Waals surface area contributed by atoms with Crippen LogP contribution in [0.5, 0.6) is 0 Å². The summed E-state index contributed by atoms with van der Waals surface area (Å²) < 4.78 is 4.04. The number of rotatable bonds is 7. The highest BCUT2D eigenvalue weighted by molar-refractivity contribution is 6.42. The number of aromatic nitrogens is 5. The van der Waals surface area contributed by atoms with E-state index in [1.54, 1.807) is 55.2 Å². The Bertz CT molecular complexity index is 1540. The Morgan fingerprint density at radius 1 is 1.09 bits per heavy atom. The molecule has 3 heterocycles. The maximum atomic E-state index is 13.3. The first kappa shape index (κ1) is 23.5. The number of primary amides is 1. The lowest BCUT2D eigenvalue weighted by Crippen LogP contribution is -2.39. The van der Waals surface area contributed by atoms with Crippen LogP contribution < -0.4 is 22.3 Å². The van der Waals surface area contributed by atoms with Crippen LogP contribution in [0.4, 0.5) is 11.6 Å². The first-order chi connectivity index (χ1) is 16.2. The van der Waals surface area contributed by atoms with Gasteiger partial charge < -0.3 is 15.6 Å². The number of fused-ring (bicyclic) bond motifs is 1. The molecule has 34 heavy (non-hydrogen) atoms. The van der Waals surface area contributed by atoms with E-state index >= 15 is 0 Å². The Morgan fingerprint density at radius 2 is 1.85 bits per heavy atom. The lowest BCUT2D eigenvalue weighted by Gasteiger charge is -2.10. The van der Waals surface area contributed by atoms with Crippen molar-refractivity contribution >= 4 is 51.9 Å². The van der Waals surface area contributed by atoms with Crippen molar-refractivity contribution in [1.82, 2.24) is 23.7 Å². The minimum Gasteiger partial charge on any atom is -0.370 e. The number of pyridine rings is 1. The second kappa shape index (κ2) is 9.32. The Balaban J connectivity index is 1.73. The van der Waals surface area contributed by atoms with E-state index in [9.17, 15) is 14.4 Å². The SMILES string of the molecule is Cn1c(Nc2ccnc(CCC(N)=O)c2)nc2c1c(=O)n(Cc1ccc(Cl)c(Cl)c1)c(=O)n2C. The molecule has 3 N–H and O–H groups in total. The van der Waals surface area contributed by atoms with Gasteiger partial charge in [0.25, 0.3) is 5.56 Å². The number of imidazole rings is 1. The van der Waals surface area contributed by atoms with Gasteiger partial charge in [0.2, 0.25) is 11.9 Å². The second-order valence-electron chi connectivity index (χ2n) is 7.78. The quantitative estimate of drug-likeness (QED) is 0.399. The van der Waals surface area contributed by atoms with Crippen molar-refractivity contribution in [2.24, 2.45) is 19.8 Å². The van der Waals surface area contributed by atoms with Crippen LogP contribution in [-0.4, -0.2) is 29.6 Å². The van der Waals surface area contributed by atoms with E-state index in [-0.39, 0.29) is 24.1 Å². The minimum absolute atomic E-state index is 0.0276. The Labute approximate surface area is 203 Å². The molecule has 0 saturated carbocycles. The standard InChI is InChI=1S/C22H21Cl2N7O3/c1-29-18-19(28-21(29)27-14-7-8-26-13(10-14)4-6-17(25)32)30(2)22(34)31(20(18)33)11-12-3-5-15(23)16(24)9-12/h3,5,7-10H,4,6,11H2,1-2H3,(H2,25,32)(H,26,27,28). The van der Waals surface area contributed by atoms with Gasteiger partial charge in [0, 0.05) is 38.1 Å². The molecule has 10 nitrogen and oxygen atoms in total. The molecule has 0 bridgehead atoms. The van der Waals surface area contributed by atoms with Crippen LogP contribution in [0.25, 0.3) is 11.2 Å². The third-order valence-corrected chi connectivity index (χ3v) is 6.12. The summed E-state index contributed by atoms with van der Waals surface area (Å²) in [7, 11) is 3.24. The molecule has 4 aromatic rings. The molecule has 0 spiro atoms. The van der Waals surface area contributed by atoms with Gasteiger partial charge in [0.05, 0.1) is 16.6 Å². The molecule has 1 aromatic carbocycles. The monoisotopic (exact) mass is 501 g/mol. The topological polar surface area (TPSA) is 130 Å². The number of carbonyl (C=O) groups is 1. The smallest absolute Gasteiger partial charge is 0.332 e. The number of hydrogen-bond donors (Lipinski definition) is 2. The first-order valence-electron chi connectivity index (χ1n) is 10.3. The summed E-state index contributed by atoms with van der Waals surface area (Å²) in [6.07, 6.45) is 2.19. The van der Waals surface area contributed by atoms with Gasteiger partial charge in [-0.3, -0.25) is 23.7 Å². The lowest BCUT2D eigenvalue weighted by molar-refractivity contribution is -0.118. The van der Waals surface area contributed by atoms with E-state index in [4.69, 9.17) is 28.9 Å². The molecule has 0 radical (unpaired) electrons. The van der Waals surface area contributed by atoms with Crippen molar-refractivity contribution in [3.63, 3.8) is 0 Å². The van der Waals surface area contributed by atoms with Gasteiger partial charge in [-0.1, -0.05) is 29.3 Å². The molecule has 0 fully saturated rings. The number of halogens is 2. The third kappa shape index (κ3) is 4.55. The molecule has 12 heteroatoms. The highest BCUT2D eigenvalue weighted by atomic mass is 35.5. The van der Waals surface area contributed by atoms with Gasteiger partial charge in [-0.05, 0) is 36.2 Å². The molecular formula is C22H21Cl2N7O3. The van der Waals surface area contributed by atoms with Crippen LogP contribution in [0.1, 0.15) is 17.7 Å². The molecule has 4 rings (SSSR count). The molecule has 3 aromatic heterocycles. The van der Waals surface area contributed by atoms with Gasteiger partial charge in [0.15, 0.2) is 11.2 Å². The minimum atomic E-state index is -0.508. The van der Waals surface area contributed by atoms with Gasteiger partial charge in [-0.25, -0.2) is 4.79 Å². The summed E-state index contributed by atoms with van der Waals surface area (Å²) in [5.41, 5.74) is 6.72. The van der Waals surface area contributed by atoms with E-state index < -0.39 is 17.2 Å². The molecule has 0 atom stereocenters. The van der Waals surface area contributed by atoms with Crippen molar-refractivity contribution in [2.45, 2.75) is 19.4 Å². The normalized spacial score (nSPS) is 11.2. The van der Waals surface area contributed by atoms with Crippen molar-refractivity contribution in [3.8, 4) is 0 Å². The molecule has 176 valence electrons. The predicted octanol–water partition coefficient (Wildman–Crippen LogP) is 2.35. The molecule has 0 aliphatic heterocycles. The summed E-state index contributed by atoms with van der Waals surface area (Å²) in [4.78, 5) is 46.0. The molecule has 0 unspecified atom stereocenters. The fourth-order valence-corrected chi connectivity index (χ4v) is 3.91.